The van der Waals surface area contributed by atoms with E-state index in [0.29, 0.717) is 17.9 Å². The Morgan fingerprint density at radius 3 is 2.53 bits per heavy atom. The lowest BCUT2D eigenvalue weighted by Crippen LogP contribution is -2.29. The number of nitrogens with one attached hydrogen (secondary N) is 1. The van der Waals surface area contributed by atoms with E-state index in [4.69, 9.17) is 0 Å². The molecule has 96 valence electrons. The SMILES string of the molecule is c1ccc(C2CCCC3Nc4ccccc4C32)cc1. The molecule has 0 spiro atoms. The van der Waals surface area contributed by atoms with Gasteiger partial charge in [-0.1, -0.05) is 55.0 Å². The summed E-state index contributed by atoms with van der Waals surface area (Å²) in [6, 6.07) is 20.6. The fourth-order valence-electron chi connectivity index (χ4n) is 3.99. The molecule has 0 saturated heterocycles. The van der Waals surface area contributed by atoms with Crippen LogP contribution in [0.5, 0.6) is 0 Å². The van der Waals surface area contributed by atoms with Crippen molar-refractivity contribution < 1.29 is 0 Å². The number of hydrogen-bond donors (Lipinski definition) is 1. The highest BCUT2D eigenvalue weighted by molar-refractivity contribution is 5.60. The van der Waals surface area contributed by atoms with Crippen molar-refractivity contribution in [3.05, 3.63) is 65.7 Å². The molecule has 1 fully saturated rings. The van der Waals surface area contributed by atoms with Gasteiger partial charge < -0.3 is 5.32 Å². The van der Waals surface area contributed by atoms with E-state index in [0.717, 1.165) is 0 Å². The van der Waals surface area contributed by atoms with E-state index in [-0.39, 0.29) is 0 Å². The second-order valence-electron chi connectivity index (χ2n) is 5.81. The van der Waals surface area contributed by atoms with E-state index in [1.807, 2.05) is 0 Å². The van der Waals surface area contributed by atoms with Crippen LogP contribution < -0.4 is 5.32 Å². The van der Waals surface area contributed by atoms with Gasteiger partial charge in [-0.25, -0.2) is 0 Å². The Balaban J connectivity index is 1.77. The first-order chi connectivity index (χ1) is 9.43. The molecular weight excluding hydrogens is 230 g/mol. The highest BCUT2D eigenvalue weighted by atomic mass is 15.0. The van der Waals surface area contributed by atoms with Crippen molar-refractivity contribution in [2.24, 2.45) is 0 Å². The predicted molar refractivity (Wildman–Crippen MR) is 79.6 cm³/mol. The first kappa shape index (κ1) is 11.1. The van der Waals surface area contributed by atoms with Crippen molar-refractivity contribution in [2.75, 3.05) is 5.32 Å². The Labute approximate surface area is 114 Å². The van der Waals surface area contributed by atoms with Gasteiger partial charge in [0.25, 0.3) is 0 Å². The number of rotatable bonds is 1. The maximum Gasteiger partial charge on any atom is 0.0378 e. The number of anilines is 1. The molecule has 2 aliphatic rings. The lowest BCUT2D eigenvalue weighted by atomic mass is 9.71. The molecule has 3 unspecified atom stereocenters. The fourth-order valence-corrected chi connectivity index (χ4v) is 3.99. The molecule has 0 bridgehead atoms. The summed E-state index contributed by atoms with van der Waals surface area (Å²) in [5.41, 5.74) is 4.40. The lowest BCUT2D eigenvalue weighted by Gasteiger charge is -2.34. The number of benzene rings is 2. The van der Waals surface area contributed by atoms with Crippen LogP contribution in [0.25, 0.3) is 0 Å². The highest BCUT2D eigenvalue weighted by Gasteiger charge is 2.40. The number of para-hydroxylation sites is 1. The van der Waals surface area contributed by atoms with E-state index in [9.17, 15) is 0 Å². The minimum atomic E-state index is 0.636. The largest absolute Gasteiger partial charge is 0.381 e. The minimum absolute atomic E-state index is 0.636. The standard InChI is InChI=1S/C18H19N/c1-2-7-13(8-3-1)14-10-6-12-17-18(14)15-9-4-5-11-16(15)19-17/h1-5,7-9,11,14,17-19H,6,10,12H2. The second-order valence-corrected chi connectivity index (χ2v) is 5.81. The number of hydrogen-bond acceptors (Lipinski definition) is 1. The molecule has 1 heteroatoms. The van der Waals surface area contributed by atoms with Gasteiger partial charge in [-0.3, -0.25) is 0 Å². The average Bonchev–Trinajstić information content (AvgIpc) is 2.86. The minimum Gasteiger partial charge on any atom is -0.381 e. The average molecular weight is 249 g/mol. The fraction of sp³-hybridized carbons (Fsp3) is 0.333. The molecule has 0 aromatic heterocycles. The Morgan fingerprint density at radius 2 is 1.63 bits per heavy atom. The number of fused-ring (bicyclic) bond motifs is 3. The maximum atomic E-state index is 3.74. The van der Waals surface area contributed by atoms with E-state index in [1.165, 1.54) is 36.1 Å². The van der Waals surface area contributed by atoms with Gasteiger partial charge >= 0.3 is 0 Å². The van der Waals surface area contributed by atoms with Crippen LogP contribution >= 0.6 is 0 Å². The van der Waals surface area contributed by atoms with E-state index < -0.39 is 0 Å². The first-order valence-electron chi connectivity index (χ1n) is 7.34. The van der Waals surface area contributed by atoms with E-state index in [2.05, 4.69) is 59.9 Å². The van der Waals surface area contributed by atoms with E-state index >= 15 is 0 Å². The first-order valence-corrected chi connectivity index (χ1v) is 7.34. The zero-order valence-corrected chi connectivity index (χ0v) is 11.0. The summed E-state index contributed by atoms with van der Waals surface area (Å²) < 4.78 is 0. The summed E-state index contributed by atoms with van der Waals surface area (Å²) in [6.45, 7) is 0. The van der Waals surface area contributed by atoms with Gasteiger partial charge in [-0.2, -0.15) is 0 Å². The molecule has 2 aromatic carbocycles. The monoisotopic (exact) mass is 249 g/mol. The van der Waals surface area contributed by atoms with Gasteiger partial charge in [0.15, 0.2) is 0 Å². The Hall–Kier alpha value is -1.76. The van der Waals surface area contributed by atoms with Crippen LogP contribution in [-0.4, -0.2) is 6.04 Å². The molecule has 0 radical (unpaired) electrons. The molecule has 4 rings (SSSR count). The van der Waals surface area contributed by atoms with Crippen molar-refractivity contribution >= 4 is 5.69 Å². The highest BCUT2D eigenvalue weighted by Crippen LogP contribution is 2.50. The van der Waals surface area contributed by atoms with Gasteiger partial charge in [0.1, 0.15) is 0 Å². The Morgan fingerprint density at radius 1 is 0.842 bits per heavy atom. The third-order valence-electron chi connectivity index (χ3n) is 4.79. The molecule has 0 amide bonds. The van der Waals surface area contributed by atoms with Crippen LogP contribution in [0, 0.1) is 0 Å². The Bertz CT molecular complexity index is 575. The van der Waals surface area contributed by atoms with Crippen molar-refractivity contribution in [2.45, 2.75) is 37.1 Å². The molecule has 1 N–H and O–H groups in total. The van der Waals surface area contributed by atoms with Crippen molar-refractivity contribution in [1.29, 1.82) is 0 Å². The van der Waals surface area contributed by atoms with Gasteiger partial charge in [0.2, 0.25) is 0 Å². The summed E-state index contributed by atoms with van der Waals surface area (Å²) in [7, 11) is 0. The third-order valence-corrected chi connectivity index (χ3v) is 4.79. The van der Waals surface area contributed by atoms with Crippen LogP contribution in [0.4, 0.5) is 5.69 Å². The van der Waals surface area contributed by atoms with Crippen molar-refractivity contribution in [3.8, 4) is 0 Å². The maximum absolute atomic E-state index is 3.74. The molecule has 1 saturated carbocycles. The molecule has 1 aliphatic carbocycles. The normalized spacial score (nSPS) is 28.3. The Kier molecular flexibility index (Phi) is 2.58. The summed E-state index contributed by atoms with van der Waals surface area (Å²) in [5, 5.41) is 3.74. The zero-order valence-electron chi connectivity index (χ0n) is 11.0. The summed E-state index contributed by atoms with van der Waals surface area (Å²) in [5.74, 6) is 1.34. The molecule has 1 nitrogen and oxygen atoms in total. The quantitative estimate of drug-likeness (QED) is 0.783. The van der Waals surface area contributed by atoms with Gasteiger partial charge in [0, 0.05) is 17.6 Å². The van der Waals surface area contributed by atoms with Gasteiger partial charge in [-0.15, -0.1) is 0 Å². The molecule has 3 atom stereocenters. The lowest BCUT2D eigenvalue weighted by molar-refractivity contribution is 0.370. The van der Waals surface area contributed by atoms with Crippen molar-refractivity contribution in [1.82, 2.24) is 0 Å². The molecule has 2 aromatic rings. The molecular formula is C18H19N. The van der Waals surface area contributed by atoms with Crippen LogP contribution in [0.1, 0.15) is 42.2 Å². The van der Waals surface area contributed by atoms with Crippen LogP contribution in [0.15, 0.2) is 54.6 Å². The zero-order chi connectivity index (χ0) is 12.7. The topological polar surface area (TPSA) is 12.0 Å². The van der Waals surface area contributed by atoms with Crippen LogP contribution in [0.2, 0.25) is 0 Å². The van der Waals surface area contributed by atoms with Gasteiger partial charge in [0.05, 0.1) is 0 Å². The summed E-state index contributed by atoms with van der Waals surface area (Å²) >= 11 is 0. The van der Waals surface area contributed by atoms with Crippen LogP contribution in [0.3, 0.4) is 0 Å². The van der Waals surface area contributed by atoms with E-state index in [1.54, 1.807) is 0 Å². The second kappa shape index (κ2) is 4.41. The van der Waals surface area contributed by atoms with Crippen molar-refractivity contribution in [3.63, 3.8) is 0 Å². The van der Waals surface area contributed by atoms with Gasteiger partial charge in [-0.05, 0) is 36.0 Å². The molecule has 1 aliphatic heterocycles. The molecule has 19 heavy (non-hydrogen) atoms. The summed E-state index contributed by atoms with van der Waals surface area (Å²) in [6.07, 6.45) is 3.96. The molecule has 1 heterocycles. The van der Waals surface area contributed by atoms with Crippen LogP contribution in [-0.2, 0) is 0 Å². The summed E-state index contributed by atoms with van der Waals surface area (Å²) in [4.78, 5) is 0. The third kappa shape index (κ3) is 1.76. The smallest absolute Gasteiger partial charge is 0.0378 e. The predicted octanol–water partition coefficient (Wildman–Crippen LogP) is 4.53.